The quantitative estimate of drug-likeness (QED) is 0.0243. The number of carbonyl (C=O) groups is 1. The van der Waals surface area contributed by atoms with E-state index in [1.807, 2.05) is 27.2 Å². The van der Waals surface area contributed by atoms with Crippen molar-refractivity contribution in [3.05, 3.63) is 109 Å². The molecule has 8 nitrogen and oxygen atoms in total. The summed E-state index contributed by atoms with van der Waals surface area (Å²) in [6.07, 6.45) is 74.7. The molecular formula is C61H108N2O6P+. The van der Waals surface area contributed by atoms with E-state index >= 15 is 0 Å². The number of quaternary nitrogens is 1. The van der Waals surface area contributed by atoms with Gasteiger partial charge in [0.2, 0.25) is 5.91 Å². The molecule has 0 spiro atoms. The molecule has 9 heteroatoms. The molecule has 0 radical (unpaired) electrons. The van der Waals surface area contributed by atoms with Crippen LogP contribution in [0.15, 0.2) is 109 Å². The number of carbonyl (C=O) groups excluding carboxylic acids is 1. The number of amides is 1. The third-order valence-electron chi connectivity index (χ3n) is 12.0. The number of unbranched alkanes of at least 4 members (excludes halogenated alkanes) is 21. The molecule has 402 valence electrons. The fourth-order valence-corrected chi connectivity index (χ4v) is 8.32. The number of aliphatic hydroxyl groups is 1. The first-order chi connectivity index (χ1) is 34.0. The number of likely N-dealkylation sites (N-methyl/N-ethyl adjacent to an activating group) is 1. The molecule has 0 aromatic heterocycles. The lowest BCUT2D eigenvalue weighted by Crippen LogP contribution is -2.45. The van der Waals surface area contributed by atoms with Crippen LogP contribution in [-0.4, -0.2) is 73.4 Å². The predicted molar refractivity (Wildman–Crippen MR) is 304 cm³/mol. The van der Waals surface area contributed by atoms with E-state index in [2.05, 4.69) is 116 Å². The van der Waals surface area contributed by atoms with Gasteiger partial charge in [-0.05, 0) is 83.5 Å². The van der Waals surface area contributed by atoms with Crippen LogP contribution in [0.2, 0.25) is 0 Å². The van der Waals surface area contributed by atoms with Crippen molar-refractivity contribution < 1.29 is 32.9 Å². The minimum atomic E-state index is -4.37. The van der Waals surface area contributed by atoms with Gasteiger partial charge in [0.15, 0.2) is 0 Å². The minimum Gasteiger partial charge on any atom is -0.387 e. The van der Waals surface area contributed by atoms with Crippen molar-refractivity contribution in [2.45, 2.75) is 231 Å². The van der Waals surface area contributed by atoms with Gasteiger partial charge in [-0.2, -0.15) is 0 Å². The van der Waals surface area contributed by atoms with Crippen LogP contribution in [0.1, 0.15) is 219 Å². The fourth-order valence-electron chi connectivity index (χ4n) is 7.59. The average Bonchev–Trinajstić information content (AvgIpc) is 3.32. The summed E-state index contributed by atoms with van der Waals surface area (Å²) in [4.78, 5) is 23.3. The van der Waals surface area contributed by atoms with E-state index in [9.17, 15) is 19.4 Å². The summed E-state index contributed by atoms with van der Waals surface area (Å²) in [5.41, 5.74) is 0. The maximum atomic E-state index is 13.0. The van der Waals surface area contributed by atoms with Crippen molar-refractivity contribution in [2.75, 3.05) is 40.9 Å². The van der Waals surface area contributed by atoms with Crippen molar-refractivity contribution in [2.24, 2.45) is 0 Å². The first-order valence-electron chi connectivity index (χ1n) is 28.3. The highest BCUT2D eigenvalue weighted by Gasteiger charge is 2.27. The van der Waals surface area contributed by atoms with Crippen molar-refractivity contribution in [3.63, 3.8) is 0 Å². The lowest BCUT2D eigenvalue weighted by molar-refractivity contribution is -0.870. The molecule has 3 N–H and O–H groups in total. The number of nitrogens with zero attached hydrogens (tertiary/aromatic N) is 1. The van der Waals surface area contributed by atoms with Gasteiger partial charge in [0, 0.05) is 6.42 Å². The topological polar surface area (TPSA) is 105 Å². The van der Waals surface area contributed by atoms with Gasteiger partial charge in [0.1, 0.15) is 13.2 Å². The highest BCUT2D eigenvalue weighted by molar-refractivity contribution is 7.47. The molecule has 0 saturated heterocycles. The zero-order valence-corrected chi connectivity index (χ0v) is 46.6. The molecular weight excluding hydrogens is 888 g/mol. The number of allylic oxidation sites excluding steroid dienone is 17. The zero-order chi connectivity index (χ0) is 51.3. The van der Waals surface area contributed by atoms with Crippen molar-refractivity contribution in [1.82, 2.24) is 5.32 Å². The normalized spacial score (nSPS) is 14.8. The van der Waals surface area contributed by atoms with Gasteiger partial charge in [-0.1, -0.05) is 239 Å². The lowest BCUT2D eigenvalue weighted by Gasteiger charge is -2.25. The van der Waals surface area contributed by atoms with Crippen LogP contribution in [0, 0.1) is 0 Å². The fraction of sp³-hybridized carbons (Fsp3) is 0.689. The second-order valence-electron chi connectivity index (χ2n) is 19.9. The summed E-state index contributed by atoms with van der Waals surface area (Å²) >= 11 is 0. The molecule has 0 fully saturated rings. The second-order valence-corrected chi connectivity index (χ2v) is 21.4. The number of hydrogen-bond donors (Lipinski definition) is 3. The minimum absolute atomic E-state index is 0.0469. The van der Waals surface area contributed by atoms with Gasteiger partial charge >= 0.3 is 7.82 Å². The predicted octanol–water partition coefficient (Wildman–Crippen LogP) is 17.2. The number of phosphoric ester groups is 1. The first-order valence-corrected chi connectivity index (χ1v) is 29.8. The summed E-state index contributed by atoms with van der Waals surface area (Å²) in [6.45, 7) is 4.67. The molecule has 0 aromatic rings. The van der Waals surface area contributed by atoms with E-state index in [0.717, 1.165) is 83.5 Å². The molecule has 0 saturated carbocycles. The van der Waals surface area contributed by atoms with Crippen LogP contribution >= 0.6 is 7.82 Å². The van der Waals surface area contributed by atoms with Gasteiger partial charge in [-0.15, -0.1) is 0 Å². The molecule has 3 atom stereocenters. The van der Waals surface area contributed by atoms with Gasteiger partial charge in [-0.3, -0.25) is 13.8 Å². The Bertz CT molecular complexity index is 1500. The summed E-state index contributed by atoms with van der Waals surface area (Å²) in [5.74, 6) is -0.222. The highest BCUT2D eigenvalue weighted by atomic mass is 31.2. The standard InChI is InChI=1S/C61H107N2O6P/c1-6-8-10-12-14-16-18-20-22-24-26-28-29-30-31-32-33-35-37-39-41-43-45-47-49-51-53-55-61(65)62-59(58-69-70(66,67)68-57-56-63(3,4)5)60(64)54-52-50-48-46-44-42-40-38-36-34-27-25-23-21-19-17-15-13-11-9-7-2/h8,10,14,16,20,22,26,28,30-31,33,35,39,41,45,47,52,54,59-60,64H,6-7,9,11-13,15,17-19,21,23-25,27,29,32,34,36-38,40,42-44,46,48-51,53,55-58H2,1-5H3,(H-,62,65,66,67)/p+1/b10-8-,16-14-,22-20-,28-26-,31-30-,35-33-,41-39-,47-45-,54-52+. The number of aliphatic hydroxyl groups excluding tert-OH is 1. The molecule has 0 aliphatic heterocycles. The molecule has 1 amide bonds. The molecule has 0 rings (SSSR count). The van der Waals surface area contributed by atoms with E-state index in [0.29, 0.717) is 23.9 Å². The van der Waals surface area contributed by atoms with Crippen molar-refractivity contribution >= 4 is 13.7 Å². The monoisotopic (exact) mass is 996 g/mol. The third-order valence-corrected chi connectivity index (χ3v) is 13.0. The maximum Gasteiger partial charge on any atom is 0.472 e. The number of nitrogens with one attached hydrogen (secondary N) is 1. The summed E-state index contributed by atoms with van der Waals surface area (Å²) in [7, 11) is 1.53. The average molecular weight is 997 g/mol. The van der Waals surface area contributed by atoms with Gasteiger partial charge in [-0.25, -0.2) is 4.57 Å². The van der Waals surface area contributed by atoms with E-state index < -0.39 is 20.0 Å². The van der Waals surface area contributed by atoms with Crippen LogP contribution in [0.5, 0.6) is 0 Å². The first kappa shape index (κ1) is 67.2. The maximum absolute atomic E-state index is 13.0. The largest absolute Gasteiger partial charge is 0.472 e. The third kappa shape index (κ3) is 53.0. The van der Waals surface area contributed by atoms with E-state index in [1.54, 1.807) is 6.08 Å². The Morgan fingerprint density at radius 1 is 0.500 bits per heavy atom. The van der Waals surface area contributed by atoms with Crippen LogP contribution in [-0.2, 0) is 18.4 Å². The number of rotatable bonds is 50. The van der Waals surface area contributed by atoms with Gasteiger partial charge in [0.25, 0.3) is 0 Å². The number of hydrogen-bond acceptors (Lipinski definition) is 5. The summed E-state index contributed by atoms with van der Waals surface area (Å²) in [5, 5.41) is 13.9. The van der Waals surface area contributed by atoms with Crippen molar-refractivity contribution in [3.8, 4) is 0 Å². The van der Waals surface area contributed by atoms with Crippen LogP contribution in [0.3, 0.4) is 0 Å². The Kier molecular flexibility index (Phi) is 49.0. The van der Waals surface area contributed by atoms with Gasteiger partial charge < -0.3 is 19.8 Å². The molecule has 0 aliphatic rings. The molecule has 0 aliphatic carbocycles. The molecule has 70 heavy (non-hydrogen) atoms. The Labute approximate surface area is 431 Å². The van der Waals surface area contributed by atoms with Gasteiger partial charge in [0.05, 0.1) is 39.9 Å². The molecule has 3 unspecified atom stereocenters. The smallest absolute Gasteiger partial charge is 0.387 e. The zero-order valence-electron chi connectivity index (χ0n) is 45.7. The van der Waals surface area contributed by atoms with E-state index in [4.69, 9.17) is 9.05 Å². The molecule has 0 heterocycles. The Hall–Kier alpha value is -2.84. The van der Waals surface area contributed by atoms with Crippen LogP contribution in [0.4, 0.5) is 0 Å². The van der Waals surface area contributed by atoms with E-state index in [1.165, 1.54) is 109 Å². The SMILES string of the molecule is CC/C=C\C/C=C\C/C=C\C/C=C\C/C=C\C/C=C\C/C=C\C/C=C\CCCCC(=O)NC(COP(=O)(O)OCC[N+](C)(C)C)C(O)/C=C/CCCCCCCCCCCCCCCCCCCCC. The Balaban J connectivity index is 4.38. The molecule has 0 bridgehead atoms. The van der Waals surface area contributed by atoms with Crippen LogP contribution < -0.4 is 5.32 Å². The second kappa shape index (κ2) is 51.1. The lowest BCUT2D eigenvalue weighted by atomic mass is 10.0. The molecule has 0 aromatic carbocycles. The highest BCUT2D eigenvalue weighted by Crippen LogP contribution is 2.43. The Morgan fingerprint density at radius 2 is 0.857 bits per heavy atom. The summed E-state index contributed by atoms with van der Waals surface area (Å²) < 4.78 is 23.7. The summed E-state index contributed by atoms with van der Waals surface area (Å²) in [6, 6.07) is -0.879. The van der Waals surface area contributed by atoms with Crippen LogP contribution in [0.25, 0.3) is 0 Å². The van der Waals surface area contributed by atoms with E-state index in [-0.39, 0.29) is 19.1 Å². The number of phosphoric acid groups is 1. The Morgan fingerprint density at radius 3 is 1.26 bits per heavy atom. The van der Waals surface area contributed by atoms with Crippen molar-refractivity contribution in [1.29, 1.82) is 0 Å².